The fourth-order valence-electron chi connectivity index (χ4n) is 3.77. The van der Waals surface area contributed by atoms with Gasteiger partial charge < -0.3 is 14.0 Å². The summed E-state index contributed by atoms with van der Waals surface area (Å²) in [4.78, 5) is 11.1. The molecule has 0 amide bonds. The Bertz CT molecular complexity index is 417. The first-order valence-electron chi connectivity index (χ1n) is 12.0. The molecule has 1 rings (SSSR count). The minimum Gasteiger partial charge on any atom is -0.411 e. The highest BCUT2D eigenvalue weighted by atomic mass is 28.4. The standard InChI is InChI=1S/C24H48O3Si/c1-7-8-9-10-11-12-13-14-15-16-17-23(22-19-18-21(20-25)26-22)27-28(5,6)24(2,3)4/h20-23H,7-19H2,1-6H3/t21-,22+,23-/m1/s1. The second kappa shape index (κ2) is 13.2. The van der Waals surface area contributed by atoms with E-state index in [2.05, 4.69) is 40.8 Å². The van der Waals surface area contributed by atoms with Gasteiger partial charge in [0.25, 0.3) is 0 Å². The molecule has 0 spiro atoms. The second-order valence-corrected chi connectivity index (χ2v) is 15.1. The third-order valence-corrected chi connectivity index (χ3v) is 11.3. The van der Waals surface area contributed by atoms with Crippen molar-refractivity contribution < 1.29 is 14.0 Å². The predicted molar refractivity (Wildman–Crippen MR) is 122 cm³/mol. The minimum absolute atomic E-state index is 0.0999. The van der Waals surface area contributed by atoms with Crippen molar-refractivity contribution in [1.82, 2.24) is 0 Å². The van der Waals surface area contributed by atoms with Crippen LogP contribution in [-0.2, 0) is 14.0 Å². The molecule has 1 heterocycles. The third-order valence-electron chi connectivity index (χ3n) is 6.75. The number of carbonyl (C=O) groups is 1. The van der Waals surface area contributed by atoms with E-state index in [1.807, 2.05) is 0 Å². The average Bonchev–Trinajstić information content (AvgIpc) is 3.10. The molecule has 0 aromatic heterocycles. The van der Waals surface area contributed by atoms with Crippen molar-refractivity contribution in [2.45, 2.75) is 148 Å². The zero-order valence-corrected chi connectivity index (χ0v) is 20.7. The van der Waals surface area contributed by atoms with Crippen LogP contribution in [0.1, 0.15) is 111 Å². The van der Waals surface area contributed by atoms with Gasteiger partial charge in [0.15, 0.2) is 8.32 Å². The maximum absolute atomic E-state index is 11.1. The quantitative estimate of drug-likeness (QED) is 0.159. The van der Waals surface area contributed by atoms with Gasteiger partial charge in [0.05, 0.1) is 12.2 Å². The Hall–Kier alpha value is -0.193. The first kappa shape index (κ1) is 25.8. The van der Waals surface area contributed by atoms with Crippen LogP contribution in [0.5, 0.6) is 0 Å². The van der Waals surface area contributed by atoms with Gasteiger partial charge in [0.1, 0.15) is 12.4 Å². The highest BCUT2D eigenvalue weighted by molar-refractivity contribution is 6.74. The van der Waals surface area contributed by atoms with Crippen LogP contribution < -0.4 is 0 Å². The molecule has 1 saturated heterocycles. The largest absolute Gasteiger partial charge is 0.411 e. The third kappa shape index (κ3) is 9.54. The molecule has 166 valence electrons. The fourth-order valence-corrected chi connectivity index (χ4v) is 5.15. The molecule has 0 N–H and O–H groups in total. The normalized spacial score (nSPS) is 21.8. The molecule has 0 saturated carbocycles. The van der Waals surface area contributed by atoms with Gasteiger partial charge in [-0.05, 0) is 37.4 Å². The molecule has 4 heteroatoms. The lowest BCUT2D eigenvalue weighted by Gasteiger charge is -2.40. The van der Waals surface area contributed by atoms with E-state index in [4.69, 9.17) is 9.16 Å². The number of hydrogen-bond acceptors (Lipinski definition) is 3. The molecule has 1 aliphatic heterocycles. The van der Waals surface area contributed by atoms with Gasteiger partial charge in [0.2, 0.25) is 0 Å². The molecular weight excluding hydrogens is 364 g/mol. The molecule has 0 aromatic rings. The van der Waals surface area contributed by atoms with Crippen molar-refractivity contribution in [3.8, 4) is 0 Å². The summed E-state index contributed by atoms with van der Waals surface area (Å²) in [5, 5.41) is 0.200. The van der Waals surface area contributed by atoms with Crippen LogP contribution >= 0.6 is 0 Å². The highest BCUT2D eigenvalue weighted by Gasteiger charge is 2.42. The Morgan fingerprint density at radius 3 is 1.96 bits per heavy atom. The minimum atomic E-state index is -1.83. The average molecular weight is 413 g/mol. The summed E-state index contributed by atoms with van der Waals surface area (Å²) in [7, 11) is -1.83. The Kier molecular flexibility index (Phi) is 12.2. The molecular formula is C24H48O3Si. The lowest BCUT2D eigenvalue weighted by molar-refractivity contribution is -0.119. The Labute approximate surface area is 176 Å². The summed E-state index contributed by atoms with van der Waals surface area (Å²) in [6.45, 7) is 13.8. The second-order valence-electron chi connectivity index (χ2n) is 10.3. The van der Waals surface area contributed by atoms with Crippen LogP contribution in [0.25, 0.3) is 0 Å². The van der Waals surface area contributed by atoms with Gasteiger partial charge in [-0.15, -0.1) is 0 Å². The Morgan fingerprint density at radius 1 is 0.964 bits per heavy atom. The molecule has 3 nitrogen and oxygen atoms in total. The number of carbonyl (C=O) groups excluding carboxylic acids is 1. The summed E-state index contributed by atoms with van der Waals surface area (Å²) >= 11 is 0. The molecule has 1 aliphatic rings. The Morgan fingerprint density at radius 2 is 1.50 bits per heavy atom. The van der Waals surface area contributed by atoms with Gasteiger partial charge in [-0.3, -0.25) is 0 Å². The van der Waals surface area contributed by atoms with Crippen molar-refractivity contribution in [1.29, 1.82) is 0 Å². The molecule has 0 bridgehead atoms. The number of ether oxygens (including phenoxy) is 1. The number of unbranched alkanes of at least 4 members (excludes halogenated alkanes) is 9. The zero-order chi connectivity index (χ0) is 21.0. The molecule has 0 aromatic carbocycles. The van der Waals surface area contributed by atoms with Crippen molar-refractivity contribution in [3.05, 3.63) is 0 Å². The van der Waals surface area contributed by atoms with E-state index in [-0.39, 0.29) is 23.4 Å². The van der Waals surface area contributed by atoms with Gasteiger partial charge in [-0.1, -0.05) is 91.9 Å². The van der Waals surface area contributed by atoms with Crippen LogP contribution in [0.3, 0.4) is 0 Å². The topological polar surface area (TPSA) is 35.5 Å². The molecule has 1 fully saturated rings. The molecule has 0 unspecified atom stereocenters. The zero-order valence-electron chi connectivity index (χ0n) is 19.7. The molecule has 0 radical (unpaired) electrons. The van der Waals surface area contributed by atoms with E-state index in [0.717, 1.165) is 25.5 Å². The molecule has 28 heavy (non-hydrogen) atoms. The van der Waals surface area contributed by atoms with Crippen LogP contribution in [-0.4, -0.2) is 32.9 Å². The van der Waals surface area contributed by atoms with Crippen LogP contribution in [0.2, 0.25) is 18.1 Å². The number of aldehydes is 1. The maximum Gasteiger partial charge on any atom is 0.192 e. The lowest BCUT2D eigenvalue weighted by Crippen LogP contribution is -2.47. The van der Waals surface area contributed by atoms with Crippen molar-refractivity contribution >= 4 is 14.6 Å². The van der Waals surface area contributed by atoms with Gasteiger partial charge in [-0.2, -0.15) is 0 Å². The monoisotopic (exact) mass is 412 g/mol. The molecule has 3 atom stereocenters. The van der Waals surface area contributed by atoms with Crippen molar-refractivity contribution in [2.24, 2.45) is 0 Å². The van der Waals surface area contributed by atoms with E-state index in [9.17, 15) is 4.79 Å². The number of hydrogen-bond donors (Lipinski definition) is 0. The first-order valence-corrected chi connectivity index (χ1v) is 14.9. The van der Waals surface area contributed by atoms with Gasteiger partial charge in [0, 0.05) is 0 Å². The number of rotatable bonds is 15. The summed E-state index contributed by atoms with van der Waals surface area (Å²) in [6, 6.07) is 0. The summed E-state index contributed by atoms with van der Waals surface area (Å²) in [5.41, 5.74) is 0. The van der Waals surface area contributed by atoms with E-state index in [1.54, 1.807) is 0 Å². The van der Waals surface area contributed by atoms with E-state index < -0.39 is 8.32 Å². The van der Waals surface area contributed by atoms with E-state index in [0.29, 0.717) is 0 Å². The van der Waals surface area contributed by atoms with Crippen LogP contribution in [0.4, 0.5) is 0 Å². The summed E-state index contributed by atoms with van der Waals surface area (Å²) in [6.07, 6.45) is 17.4. The lowest BCUT2D eigenvalue weighted by atomic mass is 10.0. The van der Waals surface area contributed by atoms with Crippen LogP contribution in [0.15, 0.2) is 0 Å². The fraction of sp³-hybridized carbons (Fsp3) is 0.958. The molecule has 0 aliphatic carbocycles. The van der Waals surface area contributed by atoms with E-state index in [1.165, 1.54) is 64.2 Å². The summed E-state index contributed by atoms with van der Waals surface area (Å²) in [5.74, 6) is 0. The highest BCUT2D eigenvalue weighted by Crippen LogP contribution is 2.39. The first-order chi connectivity index (χ1) is 13.2. The summed E-state index contributed by atoms with van der Waals surface area (Å²) < 4.78 is 12.8. The Balaban J connectivity index is 2.37. The SMILES string of the molecule is CCCCCCCCCCCC[C@@H](O[Si](C)(C)C(C)(C)C)[C@@H]1CC[C@H](C=O)O1. The van der Waals surface area contributed by atoms with Gasteiger partial charge in [-0.25, -0.2) is 0 Å². The maximum atomic E-state index is 11.1. The smallest absolute Gasteiger partial charge is 0.192 e. The predicted octanol–water partition coefficient (Wildman–Crippen LogP) is 7.43. The van der Waals surface area contributed by atoms with E-state index >= 15 is 0 Å². The van der Waals surface area contributed by atoms with Crippen molar-refractivity contribution in [2.75, 3.05) is 0 Å². The van der Waals surface area contributed by atoms with Crippen molar-refractivity contribution in [3.63, 3.8) is 0 Å². The van der Waals surface area contributed by atoms with Gasteiger partial charge >= 0.3 is 0 Å². The van der Waals surface area contributed by atoms with Crippen LogP contribution in [0, 0.1) is 0 Å².